The van der Waals surface area contributed by atoms with E-state index in [0.29, 0.717) is 0 Å². The largest absolute Gasteiger partial charge is 0.309 e. The molecule has 1 N–H and O–H groups in total. The number of rotatable bonds is 4. The predicted octanol–water partition coefficient (Wildman–Crippen LogP) is 1.67. The molecule has 0 aliphatic heterocycles. The Balaban J connectivity index is 2.42. The fourth-order valence-electron chi connectivity index (χ4n) is 0.922. The molecule has 0 atom stereocenters. The van der Waals surface area contributed by atoms with E-state index in [1.807, 2.05) is 25.3 Å². The van der Waals surface area contributed by atoms with Crippen LogP contribution in [0.5, 0.6) is 0 Å². The zero-order valence-electron chi connectivity index (χ0n) is 7.38. The van der Waals surface area contributed by atoms with Gasteiger partial charge in [0.05, 0.1) is 0 Å². The van der Waals surface area contributed by atoms with E-state index in [4.69, 9.17) is 0 Å². The van der Waals surface area contributed by atoms with Gasteiger partial charge in [-0.3, -0.25) is 4.98 Å². The maximum absolute atomic E-state index is 4.19. The molecular formula is C10H14N2. The maximum Gasteiger partial charge on any atom is 0.0372 e. The third kappa shape index (κ3) is 2.84. The highest BCUT2D eigenvalue weighted by Gasteiger charge is 1.90. The molecule has 12 heavy (non-hydrogen) atoms. The van der Waals surface area contributed by atoms with Crippen LogP contribution in [-0.2, 0) is 6.54 Å². The Morgan fingerprint density at radius 1 is 1.58 bits per heavy atom. The second-order valence-electron chi connectivity index (χ2n) is 2.73. The minimum absolute atomic E-state index is 0.841. The minimum Gasteiger partial charge on any atom is -0.309 e. The smallest absolute Gasteiger partial charge is 0.0372 e. The predicted molar refractivity (Wildman–Crippen MR) is 50.9 cm³/mol. The van der Waals surface area contributed by atoms with E-state index >= 15 is 0 Å². The van der Waals surface area contributed by atoms with Crippen LogP contribution in [0.2, 0.25) is 0 Å². The lowest BCUT2D eigenvalue weighted by Gasteiger charge is -2.01. The van der Waals surface area contributed by atoms with E-state index in [0.717, 1.165) is 18.8 Å². The molecule has 64 valence electrons. The first-order chi connectivity index (χ1) is 5.83. The third-order valence-electron chi connectivity index (χ3n) is 1.59. The molecule has 0 radical (unpaired) electrons. The zero-order chi connectivity index (χ0) is 8.81. The summed E-state index contributed by atoms with van der Waals surface area (Å²) in [6.07, 6.45) is 3.74. The molecule has 2 heteroatoms. The summed E-state index contributed by atoms with van der Waals surface area (Å²) in [6, 6.07) is 4.10. The first kappa shape index (κ1) is 8.94. The second kappa shape index (κ2) is 4.67. The van der Waals surface area contributed by atoms with Crippen molar-refractivity contribution >= 4 is 0 Å². The Kier molecular flexibility index (Phi) is 3.48. The molecule has 1 rings (SSSR count). The summed E-state index contributed by atoms with van der Waals surface area (Å²) < 4.78 is 0. The van der Waals surface area contributed by atoms with Crippen LogP contribution in [0, 0.1) is 6.92 Å². The van der Waals surface area contributed by atoms with Crippen LogP contribution in [0.3, 0.4) is 0 Å². The molecule has 1 heterocycles. The maximum atomic E-state index is 4.19. The molecule has 2 nitrogen and oxygen atoms in total. The molecule has 0 aliphatic rings. The molecule has 0 unspecified atom stereocenters. The van der Waals surface area contributed by atoms with Crippen LogP contribution < -0.4 is 5.32 Å². The van der Waals surface area contributed by atoms with Crippen LogP contribution in [0.15, 0.2) is 31.0 Å². The molecular weight excluding hydrogens is 148 g/mol. The molecule has 0 bridgehead atoms. The van der Waals surface area contributed by atoms with Crippen molar-refractivity contribution in [1.29, 1.82) is 0 Å². The normalized spacial score (nSPS) is 9.75. The van der Waals surface area contributed by atoms with Crippen LogP contribution in [0.25, 0.3) is 0 Å². The van der Waals surface area contributed by atoms with E-state index in [1.165, 1.54) is 5.56 Å². The second-order valence-corrected chi connectivity index (χ2v) is 2.73. The van der Waals surface area contributed by atoms with E-state index in [9.17, 15) is 0 Å². The van der Waals surface area contributed by atoms with Gasteiger partial charge in [0.2, 0.25) is 0 Å². The minimum atomic E-state index is 0.841. The average molecular weight is 162 g/mol. The molecule has 0 saturated heterocycles. The third-order valence-corrected chi connectivity index (χ3v) is 1.59. The van der Waals surface area contributed by atoms with E-state index in [-0.39, 0.29) is 0 Å². The fraction of sp³-hybridized carbons (Fsp3) is 0.300. The zero-order valence-corrected chi connectivity index (χ0v) is 7.38. The SMILES string of the molecule is C=CCNCc1ccc(C)nc1. The summed E-state index contributed by atoms with van der Waals surface area (Å²) in [6.45, 7) is 7.32. The van der Waals surface area contributed by atoms with Gasteiger partial charge in [-0.15, -0.1) is 6.58 Å². The van der Waals surface area contributed by atoms with Crippen LogP contribution in [0.4, 0.5) is 0 Å². The lowest BCUT2D eigenvalue weighted by molar-refractivity contribution is 0.756. The lowest BCUT2D eigenvalue weighted by Crippen LogP contribution is -2.12. The van der Waals surface area contributed by atoms with Gasteiger partial charge in [0.1, 0.15) is 0 Å². The van der Waals surface area contributed by atoms with Gasteiger partial charge in [0, 0.05) is 25.0 Å². The summed E-state index contributed by atoms with van der Waals surface area (Å²) >= 11 is 0. The van der Waals surface area contributed by atoms with Crippen LogP contribution in [-0.4, -0.2) is 11.5 Å². The Morgan fingerprint density at radius 3 is 3.00 bits per heavy atom. The van der Waals surface area contributed by atoms with Crippen molar-refractivity contribution in [2.75, 3.05) is 6.54 Å². The number of aryl methyl sites for hydroxylation is 1. The molecule has 0 saturated carbocycles. The van der Waals surface area contributed by atoms with Gasteiger partial charge >= 0.3 is 0 Å². The Hall–Kier alpha value is -1.15. The molecule has 0 fully saturated rings. The van der Waals surface area contributed by atoms with Gasteiger partial charge < -0.3 is 5.32 Å². The number of hydrogen-bond donors (Lipinski definition) is 1. The van der Waals surface area contributed by atoms with E-state index < -0.39 is 0 Å². The highest BCUT2D eigenvalue weighted by molar-refractivity contribution is 5.12. The monoisotopic (exact) mass is 162 g/mol. The van der Waals surface area contributed by atoms with Crippen molar-refractivity contribution in [1.82, 2.24) is 10.3 Å². The summed E-state index contributed by atoms with van der Waals surface area (Å²) in [5.74, 6) is 0. The number of hydrogen-bond acceptors (Lipinski definition) is 2. The van der Waals surface area contributed by atoms with E-state index in [1.54, 1.807) is 0 Å². The van der Waals surface area contributed by atoms with Crippen molar-refractivity contribution in [3.63, 3.8) is 0 Å². The fourth-order valence-corrected chi connectivity index (χ4v) is 0.922. The van der Waals surface area contributed by atoms with Crippen LogP contribution >= 0.6 is 0 Å². The standard InChI is InChI=1S/C10H14N2/c1-3-6-11-7-10-5-4-9(2)12-8-10/h3-5,8,11H,1,6-7H2,2H3. The van der Waals surface area contributed by atoms with Crippen molar-refractivity contribution in [3.8, 4) is 0 Å². The molecule has 0 aromatic carbocycles. The van der Waals surface area contributed by atoms with Crippen LogP contribution in [0.1, 0.15) is 11.3 Å². The summed E-state index contributed by atoms with van der Waals surface area (Å²) in [5, 5.41) is 3.21. The molecule has 0 spiro atoms. The van der Waals surface area contributed by atoms with E-state index in [2.05, 4.69) is 22.9 Å². The molecule has 1 aromatic heterocycles. The molecule has 1 aromatic rings. The van der Waals surface area contributed by atoms with Gasteiger partial charge in [-0.25, -0.2) is 0 Å². The Labute approximate surface area is 73.3 Å². The quantitative estimate of drug-likeness (QED) is 0.538. The Morgan fingerprint density at radius 2 is 2.42 bits per heavy atom. The highest BCUT2D eigenvalue weighted by Crippen LogP contribution is 1.97. The highest BCUT2D eigenvalue weighted by atomic mass is 14.8. The average Bonchev–Trinajstić information content (AvgIpc) is 2.09. The van der Waals surface area contributed by atoms with Gasteiger partial charge in [-0.1, -0.05) is 12.1 Å². The number of pyridine rings is 1. The first-order valence-corrected chi connectivity index (χ1v) is 4.06. The lowest BCUT2D eigenvalue weighted by atomic mass is 10.2. The number of aromatic nitrogens is 1. The summed E-state index contributed by atoms with van der Waals surface area (Å²) in [7, 11) is 0. The van der Waals surface area contributed by atoms with Gasteiger partial charge in [0.25, 0.3) is 0 Å². The van der Waals surface area contributed by atoms with Crippen molar-refractivity contribution in [2.45, 2.75) is 13.5 Å². The molecule has 0 aliphatic carbocycles. The van der Waals surface area contributed by atoms with Crippen molar-refractivity contribution in [3.05, 3.63) is 42.2 Å². The van der Waals surface area contributed by atoms with Gasteiger partial charge in [0.15, 0.2) is 0 Å². The summed E-state index contributed by atoms with van der Waals surface area (Å²) in [5.41, 5.74) is 2.27. The number of nitrogens with zero attached hydrogens (tertiary/aromatic N) is 1. The van der Waals surface area contributed by atoms with Gasteiger partial charge in [-0.05, 0) is 18.6 Å². The van der Waals surface area contributed by atoms with Crippen molar-refractivity contribution < 1.29 is 0 Å². The first-order valence-electron chi connectivity index (χ1n) is 4.06. The molecule has 0 amide bonds. The number of nitrogens with one attached hydrogen (secondary N) is 1. The van der Waals surface area contributed by atoms with Gasteiger partial charge in [-0.2, -0.15) is 0 Å². The summed E-state index contributed by atoms with van der Waals surface area (Å²) in [4.78, 5) is 4.19. The van der Waals surface area contributed by atoms with Crippen molar-refractivity contribution in [2.24, 2.45) is 0 Å². The Bertz CT molecular complexity index is 239. The topological polar surface area (TPSA) is 24.9 Å².